The summed E-state index contributed by atoms with van der Waals surface area (Å²) in [4.78, 5) is 4.15. The molecule has 0 N–H and O–H groups in total. The Labute approximate surface area is 125 Å². The maximum absolute atomic E-state index is 8.98. The van der Waals surface area contributed by atoms with E-state index in [0.717, 1.165) is 21.4 Å². The highest BCUT2D eigenvalue weighted by molar-refractivity contribution is 9.10. The van der Waals surface area contributed by atoms with Gasteiger partial charge in [0.15, 0.2) is 0 Å². The second-order valence-electron chi connectivity index (χ2n) is 4.28. The highest BCUT2D eigenvalue weighted by Crippen LogP contribution is 2.26. The molecule has 20 heavy (non-hydrogen) atoms. The van der Waals surface area contributed by atoms with Crippen LogP contribution in [-0.4, -0.2) is 9.55 Å². The molecule has 3 nitrogen and oxygen atoms in total. The third-order valence-corrected chi connectivity index (χ3v) is 3.71. The van der Waals surface area contributed by atoms with Gasteiger partial charge in [-0.15, -0.1) is 0 Å². The van der Waals surface area contributed by atoms with E-state index in [-0.39, 0.29) is 0 Å². The van der Waals surface area contributed by atoms with Gasteiger partial charge in [0.25, 0.3) is 0 Å². The van der Waals surface area contributed by atoms with Crippen molar-refractivity contribution in [3.8, 4) is 23.0 Å². The molecular weight excluding hydrogens is 314 g/mol. The maximum Gasteiger partial charge on any atom is 0.100 e. The van der Waals surface area contributed by atoms with E-state index in [1.54, 1.807) is 6.20 Å². The Balaban J connectivity index is 2.11. The van der Waals surface area contributed by atoms with Gasteiger partial charge in [-0.3, -0.25) is 4.98 Å². The molecule has 0 spiro atoms. The first kappa shape index (κ1) is 12.6. The molecule has 0 saturated carbocycles. The fourth-order valence-corrected chi connectivity index (χ4v) is 2.56. The van der Waals surface area contributed by atoms with Gasteiger partial charge >= 0.3 is 0 Å². The van der Waals surface area contributed by atoms with Crippen molar-refractivity contribution in [2.24, 2.45) is 0 Å². The molecule has 0 bridgehead atoms. The molecule has 3 aromatic rings. The van der Waals surface area contributed by atoms with Crippen LogP contribution >= 0.6 is 15.9 Å². The molecule has 4 heteroatoms. The molecule has 0 aliphatic carbocycles. The lowest BCUT2D eigenvalue weighted by atomic mass is 10.2. The number of rotatable bonds is 2. The summed E-state index contributed by atoms with van der Waals surface area (Å²) in [7, 11) is 0. The van der Waals surface area contributed by atoms with Crippen LogP contribution in [-0.2, 0) is 0 Å². The molecule has 0 aliphatic heterocycles. The summed E-state index contributed by atoms with van der Waals surface area (Å²) in [5, 5.41) is 8.98. The first-order chi connectivity index (χ1) is 9.79. The summed E-state index contributed by atoms with van der Waals surface area (Å²) in [5.41, 5.74) is 3.75. The fraction of sp³-hybridized carbons (Fsp3) is 0. The van der Waals surface area contributed by atoms with E-state index < -0.39 is 0 Å². The van der Waals surface area contributed by atoms with E-state index >= 15 is 0 Å². The van der Waals surface area contributed by atoms with E-state index in [1.165, 1.54) is 0 Å². The average Bonchev–Trinajstić information content (AvgIpc) is 2.97. The number of aromatic nitrogens is 2. The molecular formula is C16H10BrN3. The van der Waals surface area contributed by atoms with Gasteiger partial charge in [-0.05, 0) is 58.4 Å². The van der Waals surface area contributed by atoms with Gasteiger partial charge in [-0.2, -0.15) is 5.26 Å². The third-order valence-electron chi connectivity index (χ3n) is 3.06. The van der Waals surface area contributed by atoms with Crippen molar-refractivity contribution in [2.45, 2.75) is 0 Å². The smallest absolute Gasteiger partial charge is 0.100 e. The van der Waals surface area contributed by atoms with Crippen molar-refractivity contribution < 1.29 is 0 Å². The van der Waals surface area contributed by atoms with Crippen LogP contribution < -0.4 is 0 Å². The minimum atomic E-state index is 0.629. The second-order valence-corrected chi connectivity index (χ2v) is 5.14. The number of hydrogen-bond donors (Lipinski definition) is 0. The predicted octanol–water partition coefficient (Wildman–Crippen LogP) is 4.17. The lowest BCUT2D eigenvalue weighted by molar-refractivity contribution is 1.08. The van der Waals surface area contributed by atoms with Crippen molar-refractivity contribution in [3.05, 3.63) is 71.1 Å². The van der Waals surface area contributed by atoms with Gasteiger partial charge in [0.05, 0.1) is 11.3 Å². The molecule has 96 valence electrons. The van der Waals surface area contributed by atoms with E-state index in [9.17, 15) is 0 Å². The molecule has 0 radical (unpaired) electrons. The molecule has 3 rings (SSSR count). The van der Waals surface area contributed by atoms with Crippen molar-refractivity contribution in [1.29, 1.82) is 5.26 Å². The van der Waals surface area contributed by atoms with E-state index in [0.29, 0.717) is 5.56 Å². The first-order valence-electron chi connectivity index (χ1n) is 6.07. The number of nitrogens with zero attached hydrogens (tertiary/aromatic N) is 3. The van der Waals surface area contributed by atoms with Crippen LogP contribution in [0.5, 0.6) is 0 Å². The van der Waals surface area contributed by atoms with E-state index in [2.05, 4.69) is 31.6 Å². The number of pyridine rings is 1. The molecule has 1 aromatic carbocycles. The largest absolute Gasteiger partial charge is 0.316 e. The monoisotopic (exact) mass is 323 g/mol. The molecule has 0 amide bonds. The quantitative estimate of drug-likeness (QED) is 0.710. The molecule has 0 aliphatic rings. The zero-order valence-electron chi connectivity index (χ0n) is 10.5. The van der Waals surface area contributed by atoms with Crippen LogP contribution in [0.15, 0.2) is 65.5 Å². The van der Waals surface area contributed by atoms with Crippen LogP contribution in [0.2, 0.25) is 0 Å². The van der Waals surface area contributed by atoms with Crippen molar-refractivity contribution in [1.82, 2.24) is 9.55 Å². The van der Waals surface area contributed by atoms with Gasteiger partial charge in [-0.25, -0.2) is 0 Å². The maximum atomic E-state index is 8.98. The van der Waals surface area contributed by atoms with Crippen molar-refractivity contribution in [3.63, 3.8) is 0 Å². The van der Waals surface area contributed by atoms with Crippen molar-refractivity contribution in [2.75, 3.05) is 0 Å². The van der Waals surface area contributed by atoms with Gasteiger partial charge < -0.3 is 4.57 Å². The topological polar surface area (TPSA) is 41.6 Å². The van der Waals surface area contributed by atoms with Gasteiger partial charge in [0.1, 0.15) is 6.07 Å². The summed E-state index contributed by atoms with van der Waals surface area (Å²) in [5.74, 6) is 0. The number of nitriles is 1. The standard InChI is InChI=1S/C16H10BrN3/c17-15-9-14(6-5-12(15)10-18)20-8-2-4-16(20)13-3-1-7-19-11-13/h1-9,11H. The summed E-state index contributed by atoms with van der Waals surface area (Å²) in [6, 6.07) is 15.8. The normalized spacial score (nSPS) is 10.2. The Hall–Kier alpha value is -2.38. The predicted molar refractivity (Wildman–Crippen MR) is 81.4 cm³/mol. The summed E-state index contributed by atoms with van der Waals surface area (Å²) >= 11 is 3.43. The fourth-order valence-electron chi connectivity index (χ4n) is 2.10. The van der Waals surface area contributed by atoms with Gasteiger partial charge in [0, 0.05) is 34.3 Å². The SMILES string of the molecule is N#Cc1ccc(-n2cccc2-c2cccnc2)cc1Br. The highest BCUT2D eigenvalue weighted by Gasteiger charge is 2.07. The van der Waals surface area contributed by atoms with Gasteiger partial charge in [-0.1, -0.05) is 0 Å². The minimum Gasteiger partial charge on any atom is -0.316 e. The molecule has 0 fully saturated rings. The minimum absolute atomic E-state index is 0.629. The van der Waals surface area contributed by atoms with Gasteiger partial charge in [0.2, 0.25) is 0 Å². The molecule has 0 saturated heterocycles. The number of benzene rings is 1. The molecule has 2 aromatic heterocycles. The van der Waals surface area contributed by atoms with E-state index in [4.69, 9.17) is 5.26 Å². The Bertz CT molecular complexity index is 785. The second kappa shape index (κ2) is 5.32. The zero-order chi connectivity index (χ0) is 13.9. The molecule has 0 unspecified atom stereocenters. The van der Waals surface area contributed by atoms with E-state index in [1.807, 2.05) is 54.9 Å². The van der Waals surface area contributed by atoms with Crippen LogP contribution in [0.25, 0.3) is 16.9 Å². The first-order valence-corrected chi connectivity index (χ1v) is 6.86. The zero-order valence-corrected chi connectivity index (χ0v) is 12.1. The molecule has 2 heterocycles. The Morgan fingerprint density at radius 2 is 2.05 bits per heavy atom. The molecule has 0 atom stereocenters. The third kappa shape index (κ3) is 2.24. The number of hydrogen-bond acceptors (Lipinski definition) is 2. The van der Waals surface area contributed by atoms with Crippen LogP contribution in [0.3, 0.4) is 0 Å². The Morgan fingerprint density at radius 1 is 1.15 bits per heavy atom. The summed E-state index contributed by atoms with van der Waals surface area (Å²) < 4.78 is 2.87. The average molecular weight is 324 g/mol. The lowest BCUT2D eigenvalue weighted by Gasteiger charge is -2.10. The summed E-state index contributed by atoms with van der Waals surface area (Å²) in [6.45, 7) is 0. The van der Waals surface area contributed by atoms with Crippen LogP contribution in [0.4, 0.5) is 0 Å². The Kier molecular flexibility index (Phi) is 3.36. The van der Waals surface area contributed by atoms with Crippen LogP contribution in [0, 0.1) is 11.3 Å². The van der Waals surface area contributed by atoms with Crippen molar-refractivity contribution >= 4 is 15.9 Å². The lowest BCUT2D eigenvalue weighted by Crippen LogP contribution is -1.96. The Morgan fingerprint density at radius 3 is 2.75 bits per heavy atom. The highest BCUT2D eigenvalue weighted by atomic mass is 79.9. The number of halogens is 1. The van der Waals surface area contributed by atoms with Crippen LogP contribution in [0.1, 0.15) is 5.56 Å². The summed E-state index contributed by atoms with van der Waals surface area (Å²) in [6.07, 6.45) is 5.59.